The first-order valence-electron chi connectivity index (χ1n) is 6.43. The summed E-state index contributed by atoms with van der Waals surface area (Å²) in [6, 6.07) is 7.29. The van der Waals surface area contributed by atoms with Crippen LogP contribution in [0, 0.1) is 0 Å². The fraction of sp³-hybridized carbons (Fsp3) is 0.333. The van der Waals surface area contributed by atoms with E-state index in [1.165, 1.54) is 29.7 Å². The Morgan fingerprint density at radius 1 is 1.22 bits per heavy atom. The third-order valence-electron chi connectivity index (χ3n) is 3.44. The number of fused-ring (bicyclic) bond motifs is 1. The third-order valence-corrected chi connectivity index (χ3v) is 3.44. The van der Waals surface area contributed by atoms with E-state index in [0.717, 1.165) is 12.0 Å². The quantitative estimate of drug-likeness (QED) is 0.875. The zero-order chi connectivity index (χ0) is 12.4. The molecule has 1 N–H and O–H groups in total. The van der Waals surface area contributed by atoms with Gasteiger partial charge in [0.15, 0.2) is 0 Å². The van der Waals surface area contributed by atoms with Gasteiger partial charge in [-0.2, -0.15) is 0 Å². The van der Waals surface area contributed by atoms with Crippen LogP contribution in [0.3, 0.4) is 0 Å². The lowest BCUT2D eigenvalue weighted by Crippen LogP contribution is -2.21. The lowest BCUT2D eigenvalue weighted by atomic mass is 9.95. The first-order chi connectivity index (χ1) is 8.81. The first-order valence-corrected chi connectivity index (χ1v) is 6.43. The fourth-order valence-corrected chi connectivity index (χ4v) is 2.47. The topological polar surface area (TPSA) is 37.8 Å². The molecule has 92 valence electrons. The lowest BCUT2D eigenvalue weighted by Gasteiger charge is -2.24. The Hall–Kier alpha value is -1.90. The summed E-state index contributed by atoms with van der Waals surface area (Å²) in [6.07, 6.45) is 8.62. The zero-order valence-electron chi connectivity index (χ0n) is 10.6. The van der Waals surface area contributed by atoms with E-state index < -0.39 is 0 Å². The van der Waals surface area contributed by atoms with E-state index in [2.05, 4.69) is 40.4 Å². The summed E-state index contributed by atoms with van der Waals surface area (Å²) >= 11 is 0. The minimum absolute atomic E-state index is 0.589. The van der Waals surface area contributed by atoms with Gasteiger partial charge in [-0.15, -0.1) is 0 Å². The van der Waals surface area contributed by atoms with Crippen LogP contribution in [0.1, 0.15) is 30.0 Å². The Labute approximate surface area is 107 Å². The molecule has 1 aliphatic heterocycles. The smallest absolute Gasteiger partial charge is 0.115 e. The minimum Gasteiger partial charge on any atom is -0.382 e. The van der Waals surface area contributed by atoms with Gasteiger partial charge in [-0.3, -0.25) is 0 Å². The molecule has 0 saturated heterocycles. The van der Waals surface area contributed by atoms with E-state index >= 15 is 0 Å². The van der Waals surface area contributed by atoms with Crippen molar-refractivity contribution in [1.82, 2.24) is 9.97 Å². The molecule has 0 fully saturated rings. The molecule has 1 unspecified atom stereocenters. The predicted molar refractivity (Wildman–Crippen MR) is 72.7 cm³/mol. The van der Waals surface area contributed by atoms with Crippen LogP contribution in [0.4, 0.5) is 5.69 Å². The van der Waals surface area contributed by atoms with E-state index in [0.29, 0.717) is 6.04 Å². The summed E-state index contributed by atoms with van der Waals surface area (Å²) in [4.78, 5) is 8.11. The Balaban J connectivity index is 1.82. The molecular formula is C15H17N3. The summed E-state index contributed by atoms with van der Waals surface area (Å²) in [7, 11) is 0. The molecular weight excluding hydrogens is 222 g/mol. The molecule has 3 heteroatoms. The van der Waals surface area contributed by atoms with E-state index in [1.807, 2.05) is 12.4 Å². The molecule has 0 spiro atoms. The molecule has 1 aromatic carbocycles. The van der Waals surface area contributed by atoms with Crippen molar-refractivity contribution in [3.63, 3.8) is 0 Å². The van der Waals surface area contributed by atoms with Crippen LogP contribution in [0.5, 0.6) is 0 Å². The van der Waals surface area contributed by atoms with Crippen LogP contribution in [-0.4, -0.2) is 16.0 Å². The maximum absolute atomic E-state index is 4.05. The zero-order valence-corrected chi connectivity index (χ0v) is 10.6. The van der Waals surface area contributed by atoms with Gasteiger partial charge in [-0.05, 0) is 42.5 Å². The standard InChI is InChI=1S/C15H17N3/c1-11-2-4-14-7-12(3-5-15(14)18-11)6-13-8-16-10-17-9-13/h3,5,7-11,18H,2,4,6H2,1H3. The van der Waals surface area contributed by atoms with Gasteiger partial charge in [-0.1, -0.05) is 12.1 Å². The maximum atomic E-state index is 4.05. The van der Waals surface area contributed by atoms with Crippen molar-refractivity contribution in [3.05, 3.63) is 53.6 Å². The summed E-state index contributed by atoms with van der Waals surface area (Å²) in [5.41, 5.74) is 5.22. The number of rotatable bonds is 2. The number of benzene rings is 1. The van der Waals surface area contributed by atoms with Crippen molar-refractivity contribution in [1.29, 1.82) is 0 Å². The molecule has 1 aliphatic rings. The number of aromatic nitrogens is 2. The highest BCUT2D eigenvalue weighted by Gasteiger charge is 2.13. The second kappa shape index (κ2) is 4.77. The minimum atomic E-state index is 0.589. The second-order valence-electron chi connectivity index (χ2n) is 5.00. The van der Waals surface area contributed by atoms with Crippen molar-refractivity contribution >= 4 is 5.69 Å². The van der Waals surface area contributed by atoms with Crippen LogP contribution in [0.25, 0.3) is 0 Å². The highest BCUT2D eigenvalue weighted by molar-refractivity contribution is 5.55. The Morgan fingerprint density at radius 2 is 2.06 bits per heavy atom. The Kier molecular flexibility index (Phi) is 2.97. The molecule has 0 saturated carbocycles. The molecule has 2 aromatic rings. The largest absolute Gasteiger partial charge is 0.382 e. The number of hydrogen-bond acceptors (Lipinski definition) is 3. The molecule has 0 aliphatic carbocycles. The molecule has 0 radical (unpaired) electrons. The number of hydrogen-bond donors (Lipinski definition) is 1. The highest BCUT2D eigenvalue weighted by atomic mass is 14.9. The molecule has 0 amide bonds. The molecule has 3 nitrogen and oxygen atoms in total. The first kappa shape index (κ1) is 11.2. The molecule has 1 atom stereocenters. The maximum Gasteiger partial charge on any atom is 0.115 e. The van der Waals surface area contributed by atoms with Crippen LogP contribution >= 0.6 is 0 Å². The fourth-order valence-electron chi connectivity index (χ4n) is 2.47. The number of aryl methyl sites for hydroxylation is 1. The van der Waals surface area contributed by atoms with Gasteiger partial charge in [0.25, 0.3) is 0 Å². The molecule has 3 rings (SSSR count). The van der Waals surface area contributed by atoms with Crippen LogP contribution in [0.2, 0.25) is 0 Å². The summed E-state index contributed by atoms with van der Waals surface area (Å²) < 4.78 is 0. The Bertz CT molecular complexity index is 537. The number of anilines is 1. The van der Waals surface area contributed by atoms with Gasteiger partial charge in [0.1, 0.15) is 6.33 Å². The highest BCUT2D eigenvalue weighted by Crippen LogP contribution is 2.26. The SMILES string of the molecule is CC1CCc2cc(Cc3cncnc3)ccc2N1. The van der Waals surface area contributed by atoms with Gasteiger partial charge >= 0.3 is 0 Å². The van der Waals surface area contributed by atoms with Gasteiger partial charge in [0.2, 0.25) is 0 Å². The van der Waals surface area contributed by atoms with E-state index in [4.69, 9.17) is 0 Å². The molecule has 1 aromatic heterocycles. The number of nitrogens with one attached hydrogen (secondary N) is 1. The van der Waals surface area contributed by atoms with Gasteiger partial charge in [0.05, 0.1) is 0 Å². The molecule has 18 heavy (non-hydrogen) atoms. The molecule has 2 heterocycles. The monoisotopic (exact) mass is 239 g/mol. The van der Waals surface area contributed by atoms with Crippen LogP contribution in [0.15, 0.2) is 36.9 Å². The summed E-state index contributed by atoms with van der Waals surface area (Å²) in [5, 5.41) is 3.53. The van der Waals surface area contributed by atoms with Crippen molar-refractivity contribution in [2.45, 2.75) is 32.2 Å². The van der Waals surface area contributed by atoms with Crippen molar-refractivity contribution in [2.24, 2.45) is 0 Å². The second-order valence-corrected chi connectivity index (χ2v) is 5.00. The van der Waals surface area contributed by atoms with Gasteiger partial charge in [-0.25, -0.2) is 9.97 Å². The van der Waals surface area contributed by atoms with Crippen molar-refractivity contribution in [3.8, 4) is 0 Å². The van der Waals surface area contributed by atoms with Crippen LogP contribution in [-0.2, 0) is 12.8 Å². The van der Waals surface area contributed by atoms with E-state index in [9.17, 15) is 0 Å². The third kappa shape index (κ3) is 2.35. The average molecular weight is 239 g/mol. The van der Waals surface area contributed by atoms with Crippen molar-refractivity contribution < 1.29 is 0 Å². The summed E-state index contributed by atoms with van der Waals surface area (Å²) in [5.74, 6) is 0. The van der Waals surface area contributed by atoms with E-state index in [-0.39, 0.29) is 0 Å². The predicted octanol–water partition coefficient (Wildman–Crippen LogP) is 2.81. The normalized spacial score (nSPS) is 17.9. The van der Waals surface area contributed by atoms with Gasteiger partial charge < -0.3 is 5.32 Å². The van der Waals surface area contributed by atoms with Crippen LogP contribution < -0.4 is 5.32 Å². The summed E-state index contributed by atoms with van der Waals surface area (Å²) in [6.45, 7) is 2.23. The lowest BCUT2D eigenvalue weighted by molar-refractivity contribution is 0.680. The number of nitrogens with zero attached hydrogens (tertiary/aromatic N) is 2. The van der Waals surface area contributed by atoms with Gasteiger partial charge in [0, 0.05) is 30.5 Å². The van der Waals surface area contributed by atoms with Crippen molar-refractivity contribution in [2.75, 3.05) is 5.32 Å². The van der Waals surface area contributed by atoms with E-state index in [1.54, 1.807) is 6.33 Å². The molecule has 0 bridgehead atoms. The average Bonchev–Trinajstić information content (AvgIpc) is 2.40. The Morgan fingerprint density at radius 3 is 2.89 bits per heavy atom.